The predicted octanol–water partition coefficient (Wildman–Crippen LogP) is 3.72. The fourth-order valence-corrected chi connectivity index (χ4v) is 1.79. The molecule has 0 aliphatic carbocycles. The Kier molecular flexibility index (Phi) is 4.53. The Labute approximate surface area is 123 Å². The molecule has 0 aromatic heterocycles. The van der Waals surface area contributed by atoms with Crippen LogP contribution in [0, 0.1) is 13.8 Å². The third-order valence-corrected chi connectivity index (χ3v) is 3.27. The third kappa shape index (κ3) is 3.68. The molecule has 20 heavy (non-hydrogen) atoms. The van der Waals surface area contributed by atoms with E-state index in [0.29, 0.717) is 10.6 Å². The first-order chi connectivity index (χ1) is 9.56. The van der Waals surface area contributed by atoms with Gasteiger partial charge in [0.2, 0.25) is 0 Å². The fourth-order valence-electron chi connectivity index (χ4n) is 1.66. The monoisotopic (exact) mass is 286 g/mol. The standard InChI is InChI=1S/C16H15ClN2O/c1-11-3-6-14(9-12(11)2)16(20)19-18-10-13-4-7-15(17)8-5-13/h3-10H,1-2H3,(H,19,20)/b18-10+. The molecular weight excluding hydrogens is 272 g/mol. The highest BCUT2D eigenvalue weighted by Crippen LogP contribution is 2.10. The van der Waals surface area contributed by atoms with E-state index in [4.69, 9.17) is 11.6 Å². The number of rotatable bonds is 3. The molecular formula is C16H15ClN2O. The topological polar surface area (TPSA) is 41.5 Å². The van der Waals surface area contributed by atoms with Gasteiger partial charge in [-0.15, -0.1) is 0 Å². The van der Waals surface area contributed by atoms with Crippen LogP contribution in [0.15, 0.2) is 47.6 Å². The molecule has 2 rings (SSSR count). The zero-order valence-corrected chi connectivity index (χ0v) is 12.1. The highest BCUT2D eigenvalue weighted by Gasteiger charge is 2.04. The second-order valence-corrected chi connectivity index (χ2v) is 4.99. The summed E-state index contributed by atoms with van der Waals surface area (Å²) in [5, 5.41) is 4.60. The molecule has 0 fully saturated rings. The van der Waals surface area contributed by atoms with Crippen LogP contribution in [0.3, 0.4) is 0 Å². The highest BCUT2D eigenvalue weighted by atomic mass is 35.5. The van der Waals surface area contributed by atoms with E-state index in [-0.39, 0.29) is 5.91 Å². The molecule has 0 radical (unpaired) electrons. The van der Waals surface area contributed by atoms with Gasteiger partial charge in [0.05, 0.1) is 6.21 Å². The number of benzene rings is 2. The Hall–Kier alpha value is -2.13. The van der Waals surface area contributed by atoms with E-state index in [0.717, 1.165) is 16.7 Å². The largest absolute Gasteiger partial charge is 0.271 e. The van der Waals surface area contributed by atoms with E-state index in [1.807, 2.05) is 38.1 Å². The van der Waals surface area contributed by atoms with Gasteiger partial charge in [-0.1, -0.05) is 29.8 Å². The first-order valence-electron chi connectivity index (χ1n) is 6.22. The maximum atomic E-state index is 11.9. The van der Waals surface area contributed by atoms with Crippen LogP contribution in [0.25, 0.3) is 0 Å². The molecule has 0 heterocycles. The number of nitrogens with one attached hydrogen (secondary N) is 1. The van der Waals surface area contributed by atoms with E-state index in [1.54, 1.807) is 24.4 Å². The van der Waals surface area contributed by atoms with Crippen molar-refractivity contribution in [1.82, 2.24) is 5.43 Å². The number of aryl methyl sites for hydroxylation is 2. The van der Waals surface area contributed by atoms with E-state index >= 15 is 0 Å². The van der Waals surface area contributed by atoms with Crippen molar-refractivity contribution in [2.45, 2.75) is 13.8 Å². The first-order valence-corrected chi connectivity index (χ1v) is 6.60. The second kappa shape index (κ2) is 6.35. The van der Waals surface area contributed by atoms with Crippen LogP contribution in [0.1, 0.15) is 27.0 Å². The molecule has 1 N–H and O–H groups in total. The van der Waals surface area contributed by atoms with Gasteiger partial charge in [-0.25, -0.2) is 5.43 Å². The molecule has 0 atom stereocenters. The van der Waals surface area contributed by atoms with Gasteiger partial charge in [-0.05, 0) is 54.8 Å². The van der Waals surface area contributed by atoms with Crippen molar-refractivity contribution in [2.75, 3.05) is 0 Å². The van der Waals surface area contributed by atoms with Crippen molar-refractivity contribution < 1.29 is 4.79 Å². The quantitative estimate of drug-likeness (QED) is 0.678. The molecule has 0 saturated heterocycles. The van der Waals surface area contributed by atoms with Gasteiger partial charge in [0.1, 0.15) is 0 Å². The lowest BCUT2D eigenvalue weighted by atomic mass is 10.1. The van der Waals surface area contributed by atoms with E-state index in [2.05, 4.69) is 10.5 Å². The normalized spacial score (nSPS) is 10.8. The Morgan fingerprint density at radius 2 is 1.80 bits per heavy atom. The molecule has 3 nitrogen and oxygen atoms in total. The number of carbonyl (C=O) groups excluding carboxylic acids is 1. The summed E-state index contributed by atoms with van der Waals surface area (Å²) in [6.07, 6.45) is 1.58. The summed E-state index contributed by atoms with van der Waals surface area (Å²) in [4.78, 5) is 11.9. The number of hydrazone groups is 1. The average molecular weight is 287 g/mol. The zero-order chi connectivity index (χ0) is 14.5. The van der Waals surface area contributed by atoms with Gasteiger partial charge in [-0.3, -0.25) is 4.79 Å². The molecule has 0 saturated carbocycles. The van der Waals surface area contributed by atoms with Crippen molar-refractivity contribution in [1.29, 1.82) is 0 Å². The summed E-state index contributed by atoms with van der Waals surface area (Å²) in [6.45, 7) is 3.98. The molecule has 0 aliphatic heterocycles. The van der Waals surface area contributed by atoms with Crippen LogP contribution in [0.5, 0.6) is 0 Å². The minimum atomic E-state index is -0.224. The Bertz CT molecular complexity index is 648. The summed E-state index contributed by atoms with van der Waals surface area (Å²) in [6, 6.07) is 12.8. The summed E-state index contributed by atoms with van der Waals surface area (Å²) in [5.41, 5.74) is 6.22. The first kappa shape index (κ1) is 14.3. The molecule has 0 bridgehead atoms. The van der Waals surface area contributed by atoms with E-state index < -0.39 is 0 Å². The average Bonchev–Trinajstić information content (AvgIpc) is 2.44. The minimum absolute atomic E-state index is 0.224. The molecule has 2 aromatic rings. The number of halogens is 1. The zero-order valence-electron chi connectivity index (χ0n) is 11.4. The Morgan fingerprint density at radius 3 is 2.45 bits per heavy atom. The number of amides is 1. The number of hydrogen-bond acceptors (Lipinski definition) is 2. The maximum Gasteiger partial charge on any atom is 0.271 e. The minimum Gasteiger partial charge on any atom is -0.267 e. The maximum absolute atomic E-state index is 11.9. The molecule has 2 aromatic carbocycles. The molecule has 0 aliphatic rings. The van der Waals surface area contributed by atoms with Gasteiger partial charge in [0.25, 0.3) is 5.91 Å². The Morgan fingerprint density at radius 1 is 1.10 bits per heavy atom. The van der Waals surface area contributed by atoms with Crippen LogP contribution >= 0.6 is 11.6 Å². The predicted molar refractivity (Wildman–Crippen MR) is 82.4 cm³/mol. The highest BCUT2D eigenvalue weighted by molar-refractivity contribution is 6.30. The van der Waals surface area contributed by atoms with Gasteiger partial charge < -0.3 is 0 Å². The lowest BCUT2D eigenvalue weighted by Crippen LogP contribution is -2.17. The molecule has 1 amide bonds. The summed E-state index contributed by atoms with van der Waals surface area (Å²) in [5.74, 6) is -0.224. The van der Waals surface area contributed by atoms with Crippen LogP contribution < -0.4 is 5.43 Å². The van der Waals surface area contributed by atoms with Gasteiger partial charge in [-0.2, -0.15) is 5.10 Å². The summed E-state index contributed by atoms with van der Waals surface area (Å²) >= 11 is 5.79. The Balaban J connectivity index is 2.01. The van der Waals surface area contributed by atoms with Crippen LogP contribution in [0.4, 0.5) is 0 Å². The third-order valence-electron chi connectivity index (χ3n) is 3.02. The smallest absolute Gasteiger partial charge is 0.267 e. The molecule has 4 heteroatoms. The van der Waals surface area contributed by atoms with Crippen molar-refractivity contribution in [3.05, 3.63) is 69.7 Å². The second-order valence-electron chi connectivity index (χ2n) is 4.55. The molecule has 0 spiro atoms. The van der Waals surface area contributed by atoms with Crippen molar-refractivity contribution in [3.8, 4) is 0 Å². The van der Waals surface area contributed by atoms with E-state index in [1.165, 1.54) is 0 Å². The fraction of sp³-hybridized carbons (Fsp3) is 0.125. The number of nitrogens with zero attached hydrogens (tertiary/aromatic N) is 1. The number of hydrogen-bond donors (Lipinski definition) is 1. The van der Waals surface area contributed by atoms with Crippen LogP contribution in [-0.2, 0) is 0 Å². The van der Waals surface area contributed by atoms with Gasteiger partial charge in [0, 0.05) is 10.6 Å². The van der Waals surface area contributed by atoms with E-state index in [9.17, 15) is 4.79 Å². The van der Waals surface area contributed by atoms with Gasteiger partial charge >= 0.3 is 0 Å². The summed E-state index contributed by atoms with van der Waals surface area (Å²) in [7, 11) is 0. The molecule has 102 valence electrons. The van der Waals surface area contributed by atoms with Crippen molar-refractivity contribution >= 4 is 23.7 Å². The molecule has 0 unspecified atom stereocenters. The summed E-state index contributed by atoms with van der Waals surface area (Å²) < 4.78 is 0. The number of carbonyl (C=O) groups is 1. The van der Waals surface area contributed by atoms with Gasteiger partial charge in [0.15, 0.2) is 0 Å². The van der Waals surface area contributed by atoms with Crippen molar-refractivity contribution in [3.63, 3.8) is 0 Å². The SMILES string of the molecule is Cc1ccc(C(=O)N/N=C/c2ccc(Cl)cc2)cc1C. The lowest BCUT2D eigenvalue weighted by molar-refractivity contribution is 0.0955. The van der Waals surface area contributed by atoms with Crippen LogP contribution in [0.2, 0.25) is 5.02 Å². The lowest BCUT2D eigenvalue weighted by Gasteiger charge is -2.03. The van der Waals surface area contributed by atoms with Crippen LogP contribution in [-0.4, -0.2) is 12.1 Å². The van der Waals surface area contributed by atoms with Crippen molar-refractivity contribution in [2.24, 2.45) is 5.10 Å².